The predicted molar refractivity (Wildman–Crippen MR) is 54.9 cm³/mol. The lowest BCUT2D eigenvalue weighted by atomic mass is 10.4. The van der Waals surface area contributed by atoms with Gasteiger partial charge in [-0.1, -0.05) is 0 Å². The average molecular weight is 191 g/mol. The molecule has 0 saturated carbocycles. The van der Waals surface area contributed by atoms with Gasteiger partial charge in [0.05, 0.1) is 12.5 Å². The Bertz CT molecular complexity index is 317. The quantitative estimate of drug-likeness (QED) is 0.685. The molecule has 1 aromatic rings. The molecule has 0 aliphatic carbocycles. The lowest BCUT2D eigenvalue weighted by Gasteiger charge is -2.05. The first kappa shape index (κ1) is 10.3. The van der Waals surface area contributed by atoms with Gasteiger partial charge in [-0.05, 0) is 6.92 Å². The summed E-state index contributed by atoms with van der Waals surface area (Å²) in [4.78, 5) is 8.05. The van der Waals surface area contributed by atoms with Crippen molar-refractivity contribution in [3.05, 3.63) is 12.4 Å². The van der Waals surface area contributed by atoms with Gasteiger partial charge >= 0.3 is 0 Å². The fraction of sp³-hybridized carbons (Fsp3) is 0.444. The molecular formula is C9H13N5. The number of nitriles is 1. The molecule has 0 aromatic carbocycles. The Balaban J connectivity index is 2.51. The standard InChI is InChI=1S/C9H13N5/c1-2-11-8-6-9(14-7-13-8)12-5-3-4-10/h6-7H,2-3,5H2,1H3,(H2,11,12,13,14). The molecule has 0 fully saturated rings. The summed E-state index contributed by atoms with van der Waals surface area (Å²) in [7, 11) is 0. The molecule has 5 heteroatoms. The van der Waals surface area contributed by atoms with Crippen molar-refractivity contribution in [2.75, 3.05) is 23.7 Å². The van der Waals surface area contributed by atoms with Crippen molar-refractivity contribution in [2.24, 2.45) is 0 Å². The van der Waals surface area contributed by atoms with E-state index >= 15 is 0 Å². The van der Waals surface area contributed by atoms with Gasteiger partial charge < -0.3 is 10.6 Å². The lowest BCUT2D eigenvalue weighted by Crippen LogP contribution is -2.05. The highest BCUT2D eigenvalue weighted by atomic mass is 15.1. The molecule has 1 aromatic heterocycles. The topological polar surface area (TPSA) is 73.6 Å². The Morgan fingerprint density at radius 1 is 1.36 bits per heavy atom. The van der Waals surface area contributed by atoms with E-state index in [0.717, 1.165) is 18.2 Å². The second-order valence-electron chi connectivity index (χ2n) is 2.65. The molecule has 14 heavy (non-hydrogen) atoms. The Morgan fingerprint density at radius 2 is 2.07 bits per heavy atom. The van der Waals surface area contributed by atoms with Crippen molar-refractivity contribution in [3.8, 4) is 6.07 Å². The predicted octanol–water partition coefficient (Wildman–Crippen LogP) is 1.23. The van der Waals surface area contributed by atoms with Crippen molar-refractivity contribution >= 4 is 11.6 Å². The van der Waals surface area contributed by atoms with Crippen LogP contribution in [0, 0.1) is 11.3 Å². The summed E-state index contributed by atoms with van der Waals surface area (Å²) in [5.74, 6) is 1.54. The van der Waals surface area contributed by atoms with Gasteiger partial charge in [0.1, 0.15) is 18.0 Å². The summed E-state index contributed by atoms with van der Waals surface area (Å²) in [6.45, 7) is 3.44. The number of rotatable bonds is 5. The van der Waals surface area contributed by atoms with Crippen LogP contribution >= 0.6 is 0 Å². The van der Waals surface area contributed by atoms with E-state index in [1.165, 1.54) is 6.33 Å². The SMILES string of the molecule is CCNc1cc(NCCC#N)ncn1. The molecule has 0 amide bonds. The monoisotopic (exact) mass is 191 g/mol. The highest BCUT2D eigenvalue weighted by Crippen LogP contribution is 2.07. The van der Waals surface area contributed by atoms with Crippen LogP contribution in [-0.4, -0.2) is 23.1 Å². The van der Waals surface area contributed by atoms with Gasteiger partial charge in [-0.15, -0.1) is 0 Å². The highest BCUT2D eigenvalue weighted by molar-refractivity contribution is 5.46. The van der Waals surface area contributed by atoms with Crippen LogP contribution < -0.4 is 10.6 Å². The second kappa shape index (κ2) is 5.75. The molecule has 0 aliphatic rings. The Kier molecular flexibility index (Phi) is 4.21. The lowest BCUT2D eigenvalue weighted by molar-refractivity contribution is 1.04. The van der Waals surface area contributed by atoms with Gasteiger partial charge in [-0.3, -0.25) is 0 Å². The maximum absolute atomic E-state index is 8.35. The van der Waals surface area contributed by atoms with Crippen LogP contribution in [0.2, 0.25) is 0 Å². The van der Waals surface area contributed by atoms with Crippen LogP contribution in [0.3, 0.4) is 0 Å². The molecule has 0 atom stereocenters. The van der Waals surface area contributed by atoms with E-state index in [1.807, 2.05) is 13.0 Å². The fourth-order valence-electron chi connectivity index (χ4n) is 0.978. The van der Waals surface area contributed by atoms with E-state index in [0.29, 0.717) is 13.0 Å². The fourth-order valence-corrected chi connectivity index (χ4v) is 0.978. The molecule has 0 bridgehead atoms. The van der Waals surface area contributed by atoms with E-state index in [2.05, 4.69) is 26.7 Å². The van der Waals surface area contributed by atoms with Crippen LogP contribution in [-0.2, 0) is 0 Å². The van der Waals surface area contributed by atoms with E-state index < -0.39 is 0 Å². The third-order valence-electron chi connectivity index (χ3n) is 1.57. The number of anilines is 2. The summed E-state index contributed by atoms with van der Waals surface area (Å²) in [6, 6.07) is 3.88. The van der Waals surface area contributed by atoms with Gasteiger partial charge in [0, 0.05) is 19.2 Å². The minimum absolute atomic E-state index is 0.473. The zero-order valence-corrected chi connectivity index (χ0v) is 8.12. The summed E-state index contributed by atoms with van der Waals surface area (Å²) >= 11 is 0. The van der Waals surface area contributed by atoms with Crippen LogP contribution in [0.1, 0.15) is 13.3 Å². The van der Waals surface area contributed by atoms with Gasteiger partial charge in [-0.25, -0.2) is 9.97 Å². The number of nitrogens with zero attached hydrogens (tertiary/aromatic N) is 3. The number of nitrogens with one attached hydrogen (secondary N) is 2. The molecular weight excluding hydrogens is 178 g/mol. The highest BCUT2D eigenvalue weighted by Gasteiger charge is 1.95. The van der Waals surface area contributed by atoms with Crippen molar-refractivity contribution < 1.29 is 0 Å². The van der Waals surface area contributed by atoms with Crippen molar-refractivity contribution in [1.29, 1.82) is 5.26 Å². The number of hydrogen-bond acceptors (Lipinski definition) is 5. The van der Waals surface area contributed by atoms with Crippen molar-refractivity contribution in [1.82, 2.24) is 9.97 Å². The summed E-state index contributed by atoms with van der Waals surface area (Å²) < 4.78 is 0. The zero-order valence-electron chi connectivity index (χ0n) is 8.12. The Hall–Kier alpha value is -1.83. The molecule has 1 rings (SSSR count). The molecule has 0 aliphatic heterocycles. The third-order valence-corrected chi connectivity index (χ3v) is 1.57. The molecule has 0 saturated heterocycles. The second-order valence-corrected chi connectivity index (χ2v) is 2.65. The minimum atomic E-state index is 0.473. The number of hydrogen-bond donors (Lipinski definition) is 2. The van der Waals surface area contributed by atoms with E-state index in [9.17, 15) is 0 Å². The summed E-state index contributed by atoms with van der Waals surface area (Å²) in [6.07, 6.45) is 1.97. The Labute approximate surface area is 83.2 Å². The Morgan fingerprint density at radius 3 is 2.71 bits per heavy atom. The largest absolute Gasteiger partial charge is 0.370 e. The van der Waals surface area contributed by atoms with Gasteiger partial charge in [0.2, 0.25) is 0 Å². The molecule has 0 radical (unpaired) electrons. The van der Waals surface area contributed by atoms with Crippen LogP contribution in [0.25, 0.3) is 0 Å². The first-order chi connectivity index (χ1) is 6.86. The maximum atomic E-state index is 8.35. The maximum Gasteiger partial charge on any atom is 0.131 e. The molecule has 1 heterocycles. The van der Waals surface area contributed by atoms with Crippen LogP contribution in [0.4, 0.5) is 11.6 Å². The molecule has 0 unspecified atom stereocenters. The smallest absolute Gasteiger partial charge is 0.131 e. The first-order valence-electron chi connectivity index (χ1n) is 4.53. The van der Waals surface area contributed by atoms with Crippen LogP contribution in [0.15, 0.2) is 12.4 Å². The van der Waals surface area contributed by atoms with Gasteiger partial charge in [0.15, 0.2) is 0 Å². The molecule has 74 valence electrons. The van der Waals surface area contributed by atoms with Gasteiger partial charge in [-0.2, -0.15) is 5.26 Å². The normalized spacial score (nSPS) is 9.14. The van der Waals surface area contributed by atoms with Crippen molar-refractivity contribution in [3.63, 3.8) is 0 Å². The molecule has 0 spiro atoms. The zero-order chi connectivity index (χ0) is 10.2. The van der Waals surface area contributed by atoms with E-state index in [4.69, 9.17) is 5.26 Å². The van der Waals surface area contributed by atoms with Gasteiger partial charge in [0.25, 0.3) is 0 Å². The average Bonchev–Trinajstić information content (AvgIpc) is 2.19. The van der Waals surface area contributed by atoms with Crippen molar-refractivity contribution in [2.45, 2.75) is 13.3 Å². The summed E-state index contributed by atoms with van der Waals surface area (Å²) in [5, 5.41) is 14.5. The first-order valence-corrected chi connectivity index (χ1v) is 4.53. The molecule has 5 nitrogen and oxygen atoms in total. The van der Waals surface area contributed by atoms with E-state index in [-0.39, 0.29) is 0 Å². The molecule has 2 N–H and O–H groups in total. The number of aromatic nitrogens is 2. The van der Waals surface area contributed by atoms with Crippen LogP contribution in [0.5, 0.6) is 0 Å². The minimum Gasteiger partial charge on any atom is -0.370 e. The summed E-state index contributed by atoms with van der Waals surface area (Å²) in [5.41, 5.74) is 0. The third kappa shape index (κ3) is 3.27. The van der Waals surface area contributed by atoms with E-state index in [1.54, 1.807) is 0 Å².